The molecule has 0 aliphatic rings. The van der Waals surface area contributed by atoms with Gasteiger partial charge < -0.3 is 9.90 Å². The minimum absolute atomic E-state index is 0. The molecule has 0 aromatic rings. The van der Waals surface area contributed by atoms with Gasteiger partial charge in [0, 0.05) is 6.54 Å². The molecule has 0 spiro atoms. The van der Waals surface area contributed by atoms with Gasteiger partial charge in [0.15, 0.2) is 0 Å². The Kier molecular flexibility index (Phi) is 25.9. The Labute approximate surface area is 186 Å². The van der Waals surface area contributed by atoms with Crippen LogP contribution in [0, 0.1) is 0 Å². The molecule has 0 radical (unpaired) electrons. The first-order valence-corrected chi connectivity index (χ1v) is 11.1. The van der Waals surface area contributed by atoms with Gasteiger partial charge in [-0.1, -0.05) is 104 Å². The number of rotatable bonds is 20. The molecule has 0 aromatic carbocycles. The molecule has 0 amide bonds. The molecular formula is C22H44NNaO2. The summed E-state index contributed by atoms with van der Waals surface area (Å²) in [5.41, 5.74) is 0. The fraction of sp³-hybridized carbons (Fsp3) is 0.955. The molecule has 0 aliphatic carbocycles. The van der Waals surface area contributed by atoms with Crippen LogP contribution in [0.25, 0.3) is 0 Å². The third-order valence-corrected chi connectivity index (χ3v) is 5.01. The number of aliphatic carboxylic acids is 1. The van der Waals surface area contributed by atoms with Gasteiger partial charge in [0.2, 0.25) is 0 Å². The zero-order valence-electron chi connectivity index (χ0n) is 18.2. The molecule has 0 rings (SSSR count). The van der Waals surface area contributed by atoms with Gasteiger partial charge in [-0.25, -0.2) is 0 Å². The number of carbonyl (C=O) groups excluding carboxylic acids is 1. The van der Waals surface area contributed by atoms with Crippen molar-refractivity contribution < 1.29 is 39.5 Å². The fourth-order valence-electron chi connectivity index (χ4n) is 3.39. The number of hydrogen-bond donors (Lipinski definition) is 0. The second kappa shape index (κ2) is 23.5. The van der Waals surface area contributed by atoms with Gasteiger partial charge in [-0.2, -0.15) is 0 Å². The number of carboxylic acids is 1. The summed E-state index contributed by atoms with van der Waals surface area (Å²) < 4.78 is 0. The van der Waals surface area contributed by atoms with E-state index in [1.165, 1.54) is 89.9 Å². The Hall–Kier alpha value is 0.430. The third-order valence-electron chi connectivity index (χ3n) is 5.01. The summed E-state index contributed by atoms with van der Waals surface area (Å²) in [6, 6.07) is 0. The predicted molar refractivity (Wildman–Crippen MR) is 107 cm³/mol. The van der Waals surface area contributed by atoms with Crippen molar-refractivity contribution in [3.63, 3.8) is 0 Å². The molecule has 0 bridgehead atoms. The van der Waals surface area contributed by atoms with E-state index in [2.05, 4.69) is 18.7 Å². The van der Waals surface area contributed by atoms with Gasteiger partial charge in [0.05, 0.1) is 5.97 Å². The first-order valence-electron chi connectivity index (χ1n) is 11.1. The quantitative estimate of drug-likeness (QED) is 0.242. The van der Waals surface area contributed by atoms with Gasteiger partial charge in [-0.05, 0) is 25.9 Å². The maximum atomic E-state index is 10.9. The van der Waals surface area contributed by atoms with E-state index in [0.29, 0.717) is 0 Å². The summed E-state index contributed by atoms with van der Waals surface area (Å²) in [6.45, 7) is 6.43. The van der Waals surface area contributed by atoms with Crippen LogP contribution in [0.2, 0.25) is 0 Å². The van der Waals surface area contributed by atoms with Crippen LogP contribution < -0.4 is 34.7 Å². The Morgan fingerprint density at radius 3 is 1.23 bits per heavy atom. The molecule has 0 N–H and O–H groups in total. The Morgan fingerprint density at radius 2 is 0.923 bits per heavy atom. The van der Waals surface area contributed by atoms with Crippen LogP contribution in [-0.4, -0.2) is 30.5 Å². The van der Waals surface area contributed by atoms with Crippen LogP contribution in [0.4, 0.5) is 0 Å². The smallest absolute Gasteiger partial charge is 0.549 e. The minimum atomic E-state index is -0.931. The SMILES string of the molecule is CCCCCCCCCCN(CCCCCCCCCC)CC(=O)[O-].[Na+]. The maximum absolute atomic E-state index is 10.9. The molecule has 150 valence electrons. The first-order chi connectivity index (χ1) is 12.2. The van der Waals surface area contributed by atoms with Crippen LogP contribution in [0.3, 0.4) is 0 Å². The molecule has 0 saturated carbocycles. The molecule has 0 aromatic heterocycles. The van der Waals surface area contributed by atoms with E-state index in [4.69, 9.17) is 0 Å². The van der Waals surface area contributed by atoms with Gasteiger partial charge in [-0.3, -0.25) is 4.90 Å². The van der Waals surface area contributed by atoms with E-state index in [-0.39, 0.29) is 36.1 Å². The monoisotopic (exact) mass is 377 g/mol. The van der Waals surface area contributed by atoms with Crippen molar-refractivity contribution in [2.24, 2.45) is 0 Å². The van der Waals surface area contributed by atoms with Gasteiger partial charge in [0.25, 0.3) is 0 Å². The number of carbonyl (C=O) groups is 1. The average Bonchev–Trinajstić information content (AvgIpc) is 2.58. The van der Waals surface area contributed by atoms with E-state index in [1.807, 2.05) is 0 Å². The minimum Gasteiger partial charge on any atom is -0.549 e. The van der Waals surface area contributed by atoms with Crippen molar-refractivity contribution in [2.45, 2.75) is 117 Å². The van der Waals surface area contributed by atoms with Crippen LogP contribution >= 0.6 is 0 Å². The average molecular weight is 378 g/mol. The van der Waals surface area contributed by atoms with Crippen molar-refractivity contribution in [1.82, 2.24) is 4.90 Å². The molecule has 0 heterocycles. The van der Waals surface area contributed by atoms with Crippen molar-refractivity contribution >= 4 is 5.97 Å². The van der Waals surface area contributed by atoms with Crippen molar-refractivity contribution in [1.29, 1.82) is 0 Å². The molecule has 4 heteroatoms. The van der Waals surface area contributed by atoms with Crippen LogP contribution in [0.5, 0.6) is 0 Å². The summed E-state index contributed by atoms with van der Waals surface area (Å²) in [7, 11) is 0. The predicted octanol–water partition coefficient (Wildman–Crippen LogP) is 2.32. The number of unbranched alkanes of at least 4 members (excludes halogenated alkanes) is 14. The molecule has 0 aliphatic heterocycles. The van der Waals surface area contributed by atoms with Gasteiger partial charge in [0.1, 0.15) is 0 Å². The van der Waals surface area contributed by atoms with E-state index in [0.717, 1.165) is 25.9 Å². The molecule has 26 heavy (non-hydrogen) atoms. The second-order valence-electron chi connectivity index (χ2n) is 7.60. The van der Waals surface area contributed by atoms with Crippen LogP contribution in [-0.2, 0) is 4.79 Å². The Balaban J connectivity index is 0. The zero-order valence-corrected chi connectivity index (χ0v) is 20.2. The molecule has 0 atom stereocenters. The number of hydrogen-bond acceptors (Lipinski definition) is 3. The summed E-state index contributed by atoms with van der Waals surface area (Å²) >= 11 is 0. The summed E-state index contributed by atoms with van der Waals surface area (Å²) in [5.74, 6) is -0.931. The van der Waals surface area contributed by atoms with E-state index in [9.17, 15) is 9.90 Å². The second-order valence-corrected chi connectivity index (χ2v) is 7.60. The zero-order chi connectivity index (χ0) is 18.6. The largest absolute Gasteiger partial charge is 1.00 e. The Bertz CT molecular complexity index is 267. The standard InChI is InChI=1S/C22H45NO2.Na/c1-3-5-7-9-11-13-15-17-19-23(21-22(24)25)20-18-16-14-12-10-8-6-4-2;/h3-21H2,1-2H3,(H,24,25);/q;+1/p-1. The topological polar surface area (TPSA) is 43.4 Å². The summed E-state index contributed by atoms with van der Waals surface area (Å²) in [5, 5.41) is 10.9. The van der Waals surface area contributed by atoms with E-state index < -0.39 is 5.97 Å². The first kappa shape index (κ1) is 28.6. The van der Waals surface area contributed by atoms with Crippen molar-refractivity contribution in [3.05, 3.63) is 0 Å². The molecule has 3 nitrogen and oxygen atoms in total. The van der Waals surface area contributed by atoms with Crippen molar-refractivity contribution in [2.75, 3.05) is 19.6 Å². The Morgan fingerprint density at radius 1 is 0.615 bits per heavy atom. The molecule has 0 fully saturated rings. The fourth-order valence-corrected chi connectivity index (χ4v) is 3.39. The maximum Gasteiger partial charge on any atom is 1.00 e. The summed E-state index contributed by atoms with van der Waals surface area (Å²) in [4.78, 5) is 13.0. The summed E-state index contributed by atoms with van der Waals surface area (Å²) in [6.07, 6.45) is 20.7. The van der Waals surface area contributed by atoms with E-state index in [1.54, 1.807) is 0 Å². The van der Waals surface area contributed by atoms with Crippen LogP contribution in [0.1, 0.15) is 117 Å². The third kappa shape index (κ3) is 22.5. The van der Waals surface area contributed by atoms with Crippen LogP contribution in [0.15, 0.2) is 0 Å². The normalized spacial score (nSPS) is 10.9. The van der Waals surface area contributed by atoms with E-state index >= 15 is 0 Å². The molecular weight excluding hydrogens is 333 g/mol. The van der Waals surface area contributed by atoms with Crippen molar-refractivity contribution in [3.8, 4) is 0 Å². The van der Waals surface area contributed by atoms with Gasteiger partial charge >= 0.3 is 29.6 Å². The number of carboxylic acid groups (broad SMARTS) is 1. The van der Waals surface area contributed by atoms with Gasteiger partial charge in [-0.15, -0.1) is 0 Å². The number of nitrogens with zero attached hydrogens (tertiary/aromatic N) is 1. The molecule has 0 saturated heterocycles. The molecule has 0 unspecified atom stereocenters.